The maximum Gasteiger partial charge on any atom is 0.366 e. The van der Waals surface area contributed by atoms with Crippen molar-refractivity contribution < 1.29 is 43.1 Å². The fourth-order valence-corrected chi connectivity index (χ4v) is 3.27. The van der Waals surface area contributed by atoms with Crippen molar-refractivity contribution >= 4 is 11.9 Å². The molecule has 2 heterocycles. The van der Waals surface area contributed by atoms with Crippen LogP contribution in [0.15, 0.2) is 30.3 Å². The zero-order chi connectivity index (χ0) is 21.2. The highest BCUT2D eigenvalue weighted by Crippen LogP contribution is 2.35. The molecule has 0 radical (unpaired) electrons. The molecule has 0 aliphatic carbocycles. The van der Waals surface area contributed by atoms with Crippen molar-refractivity contribution in [1.82, 2.24) is 0 Å². The van der Waals surface area contributed by atoms with E-state index in [1.54, 1.807) is 44.2 Å². The number of carbonyl (C=O) groups excluding carboxylic acids is 2. The summed E-state index contributed by atoms with van der Waals surface area (Å²) in [6.07, 6.45) is -5.50. The highest BCUT2D eigenvalue weighted by Gasteiger charge is 2.56. The minimum absolute atomic E-state index is 0.0371. The molecule has 160 valence electrons. The van der Waals surface area contributed by atoms with Crippen LogP contribution in [0.3, 0.4) is 0 Å². The molecule has 1 unspecified atom stereocenters. The summed E-state index contributed by atoms with van der Waals surface area (Å²) in [6, 6.07) is 8.36. The number of esters is 2. The zero-order valence-corrected chi connectivity index (χ0v) is 16.8. The van der Waals surface area contributed by atoms with Crippen LogP contribution in [0, 0.1) is 0 Å². The first kappa shape index (κ1) is 21.7. The van der Waals surface area contributed by atoms with Gasteiger partial charge in [-0.1, -0.05) is 18.2 Å². The molecule has 3 rings (SSSR count). The van der Waals surface area contributed by atoms with Gasteiger partial charge in [0, 0.05) is 6.92 Å². The smallest absolute Gasteiger partial charge is 0.366 e. The highest BCUT2D eigenvalue weighted by atomic mass is 16.8. The Bertz CT molecular complexity index is 722. The summed E-state index contributed by atoms with van der Waals surface area (Å²) in [5.41, 5.74) is 0.317. The first-order valence-electron chi connectivity index (χ1n) is 9.40. The number of hydrogen-bond acceptors (Lipinski definition) is 9. The molecule has 0 saturated carbocycles. The lowest BCUT2D eigenvalue weighted by molar-refractivity contribution is -0.381. The predicted octanol–water partition coefficient (Wildman–Crippen LogP) is 1.03. The van der Waals surface area contributed by atoms with Gasteiger partial charge < -0.3 is 33.5 Å². The van der Waals surface area contributed by atoms with E-state index in [-0.39, 0.29) is 12.7 Å². The molecular formula is C20H26O9. The van der Waals surface area contributed by atoms with Crippen LogP contribution in [0.4, 0.5) is 0 Å². The minimum Gasteiger partial charge on any atom is -0.465 e. The Morgan fingerprint density at radius 1 is 1.24 bits per heavy atom. The molecule has 9 nitrogen and oxygen atoms in total. The fourth-order valence-electron chi connectivity index (χ4n) is 3.27. The fraction of sp³-hybridized carbons (Fsp3) is 0.600. The molecule has 2 aliphatic heterocycles. The molecule has 0 aromatic heterocycles. The van der Waals surface area contributed by atoms with E-state index in [9.17, 15) is 14.7 Å². The van der Waals surface area contributed by atoms with Gasteiger partial charge in [-0.3, -0.25) is 0 Å². The van der Waals surface area contributed by atoms with E-state index in [2.05, 4.69) is 0 Å². The first-order chi connectivity index (χ1) is 13.7. The Morgan fingerprint density at radius 3 is 2.55 bits per heavy atom. The molecular weight excluding hydrogens is 384 g/mol. The Labute approximate surface area is 168 Å². The topological polar surface area (TPSA) is 110 Å². The largest absolute Gasteiger partial charge is 0.465 e. The van der Waals surface area contributed by atoms with Crippen molar-refractivity contribution in [3.05, 3.63) is 35.9 Å². The summed E-state index contributed by atoms with van der Waals surface area (Å²) in [5, 5.41) is 11.0. The minimum atomic E-state index is -1.71. The molecule has 0 bridgehead atoms. The van der Waals surface area contributed by atoms with Crippen LogP contribution in [-0.2, 0) is 33.2 Å². The van der Waals surface area contributed by atoms with Gasteiger partial charge in [0.25, 0.3) is 5.79 Å². The molecule has 1 N–H and O–H groups in total. The van der Waals surface area contributed by atoms with E-state index in [0.29, 0.717) is 5.56 Å². The lowest BCUT2D eigenvalue weighted by Crippen LogP contribution is -2.67. The summed E-state index contributed by atoms with van der Waals surface area (Å²) in [7, 11) is 1.21. The summed E-state index contributed by atoms with van der Waals surface area (Å²) < 4.78 is 33.0. The standard InChI is InChI=1S/C20H26O9/c1-11(2)26-18-16(28-17(22)12-8-6-5-7-9-12)14(21)15-13(27-18)10-25-20(3,29-15)19(23)24-4/h5-9,11,13-16,18,21H,10H2,1-4H3/t13-,14+,15+,16-,18-,20?/m1/s1. The summed E-state index contributed by atoms with van der Waals surface area (Å²) >= 11 is 0. The molecule has 2 aliphatic rings. The van der Waals surface area contributed by atoms with E-state index in [1.807, 2.05) is 0 Å². The lowest BCUT2D eigenvalue weighted by Gasteiger charge is -2.49. The molecule has 2 saturated heterocycles. The van der Waals surface area contributed by atoms with Crippen LogP contribution in [0.5, 0.6) is 0 Å². The van der Waals surface area contributed by atoms with Gasteiger partial charge in [0.05, 0.1) is 25.4 Å². The molecule has 9 heteroatoms. The molecule has 6 atom stereocenters. The predicted molar refractivity (Wildman–Crippen MR) is 97.8 cm³/mol. The number of fused-ring (bicyclic) bond motifs is 1. The van der Waals surface area contributed by atoms with E-state index >= 15 is 0 Å². The average Bonchev–Trinajstić information content (AvgIpc) is 2.71. The van der Waals surface area contributed by atoms with Crippen LogP contribution in [0.25, 0.3) is 0 Å². The van der Waals surface area contributed by atoms with Gasteiger partial charge in [-0.2, -0.15) is 0 Å². The van der Waals surface area contributed by atoms with Gasteiger partial charge >= 0.3 is 11.9 Å². The summed E-state index contributed by atoms with van der Waals surface area (Å²) in [4.78, 5) is 24.6. The van der Waals surface area contributed by atoms with Crippen molar-refractivity contribution in [3.8, 4) is 0 Å². The SMILES string of the molecule is COC(=O)C1(C)OC[C@H]2O[C@@H](OC(C)C)[C@H](OC(=O)c3ccccc3)[C@@H](O)[C@H]2O1. The molecule has 29 heavy (non-hydrogen) atoms. The quantitative estimate of drug-likeness (QED) is 0.712. The number of carbonyl (C=O) groups is 2. The monoisotopic (exact) mass is 410 g/mol. The third-order valence-corrected chi connectivity index (χ3v) is 4.72. The summed E-state index contributed by atoms with van der Waals surface area (Å²) in [6.45, 7) is 4.94. The Morgan fingerprint density at radius 2 is 1.93 bits per heavy atom. The second-order valence-corrected chi connectivity index (χ2v) is 7.29. The van der Waals surface area contributed by atoms with Crippen LogP contribution >= 0.6 is 0 Å². The number of aliphatic hydroxyl groups is 1. The average molecular weight is 410 g/mol. The number of benzene rings is 1. The van der Waals surface area contributed by atoms with Gasteiger partial charge in [0.1, 0.15) is 18.3 Å². The van der Waals surface area contributed by atoms with E-state index in [0.717, 1.165) is 0 Å². The first-order valence-corrected chi connectivity index (χ1v) is 9.40. The van der Waals surface area contributed by atoms with Crippen LogP contribution in [0.1, 0.15) is 31.1 Å². The van der Waals surface area contributed by atoms with Crippen molar-refractivity contribution in [2.24, 2.45) is 0 Å². The van der Waals surface area contributed by atoms with Gasteiger partial charge in [0.2, 0.25) is 0 Å². The maximum absolute atomic E-state index is 12.5. The van der Waals surface area contributed by atoms with Crippen molar-refractivity contribution in [3.63, 3.8) is 0 Å². The van der Waals surface area contributed by atoms with Crippen molar-refractivity contribution in [1.29, 1.82) is 0 Å². The van der Waals surface area contributed by atoms with Gasteiger partial charge in [-0.05, 0) is 26.0 Å². The van der Waals surface area contributed by atoms with E-state index in [4.69, 9.17) is 28.4 Å². The van der Waals surface area contributed by atoms with Crippen molar-refractivity contribution in [2.75, 3.05) is 13.7 Å². The number of hydrogen-bond donors (Lipinski definition) is 1. The number of methoxy groups -OCH3 is 1. The number of ether oxygens (including phenoxy) is 6. The Kier molecular flexibility index (Phi) is 6.55. The summed E-state index contributed by atoms with van der Waals surface area (Å²) in [5.74, 6) is -3.10. The molecule has 1 aromatic carbocycles. The van der Waals surface area contributed by atoms with Gasteiger partial charge in [-0.25, -0.2) is 9.59 Å². The second-order valence-electron chi connectivity index (χ2n) is 7.29. The van der Waals surface area contributed by atoms with Crippen LogP contribution < -0.4 is 0 Å². The second kappa shape index (κ2) is 8.76. The third-order valence-electron chi connectivity index (χ3n) is 4.72. The molecule has 1 aromatic rings. The number of rotatable bonds is 5. The van der Waals surface area contributed by atoms with E-state index < -0.39 is 48.4 Å². The normalized spacial score (nSPS) is 34.3. The van der Waals surface area contributed by atoms with Crippen LogP contribution in [-0.4, -0.2) is 73.4 Å². The molecule has 0 amide bonds. The molecule has 0 spiro atoms. The van der Waals surface area contributed by atoms with E-state index in [1.165, 1.54) is 14.0 Å². The highest BCUT2D eigenvalue weighted by molar-refractivity contribution is 5.89. The molecule has 2 fully saturated rings. The van der Waals surface area contributed by atoms with Gasteiger partial charge in [0.15, 0.2) is 12.4 Å². The van der Waals surface area contributed by atoms with Crippen LogP contribution in [0.2, 0.25) is 0 Å². The Balaban J connectivity index is 1.82. The van der Waals surface area contributed by atoms with Crippen molar-refractivity contribution in [2.45, 2.75) is 63.4 Å². The maximum atomic E-state index is 12.5. The van der Waals surface area contributed by atoms with Gasteiger partial charge in [-0.15, -0.1) is 0 Å². The zero-order valence-electron chi connectivity index (χ0n) is 16.8. The third kappa shape index (κ3) is 4.59. The number of aliphatic hydroxyl groups excluding tert-OH is 1. The lowest BCUT2D eigenvalue weighted by atomic mass is 9.97. The Hall–Kier alpha value is -2.04.